The van der Waals surface area contributed by atoms with Crippen LogP contribution in [0, 0.1) is 11.3 Å². The summed E-state index contributed by atoms with van der Waals surface area (Å²) >= 11 is 1.40. The van der Waals surface area contributed by atoms with E-state index in [4.69, 9.17) is 5.26 Å². The first-order valence-corrected chi connectivity index (χ1v) is 6.05. The molecule has 0 atom stereocenters. The molecule has 92 valence electrons. The van der Waals surface area contributed by atoms with Gasteiger partial charge < -0.3 is 0 Å². The van der Waals surface area contributed by atoms with Crippen LogP contribution >= 0.6 is 11.8 Å². The molecular formula is C11H11F3N2S. The number of hydrogen-bond donors (Lipinski definition) is 0. The largest absolute Gasteiger partial charge is 0.417 e. The van der Waals surface area contributed by atoms with Crippen molar-refractivity contribution in [2.45, 2.75) is 30.5 Å². The summed E-state index contributed by atoms with van der Waals surface area (Å²) in [6, 6.07) is 4.45. The van der Waals surface area contributed by atoms with E-state index in [2.05, 4.69) is 4.98 Å². The fourth-order valence-electron chi connectivity index (χ4n) is 1.12. The first kappa shape index (κ1) is 13.8. The maximum absolute atomic E-state index is 12.2. The molecule has 17 heavy (non-hydrogen) atoms. The van der Waals surface area contributed by atoms with Crippen LogP contribution in [0.3, 0.4) is 0 Å². The molecule has 1 aromatic rings. The highest BCUT2D eigenvalue weighted by atomic mass is 32.2. The number of nitriles is 1. The van der Waals surface area contributed by atoms with Crippen LogP contribution in [0.2, 0.25) is 0 Å². The monoisotopic (exact) mass is 260 g/mol. The lowest BCUT2D eigenvalue weighted by Crippen LogP contribution is -2.05. The van der Waals surface area contributed by atoms with Gasteiger partial charge in [0.1, 0.15) is 0 Å². The highest BCUT2D eigenvalue weighted by molar-refractivity contribution is 7.99. The fraction of sp³-hybridized carbons (Fsp3) is 0.455. The SMILES string of the molecule is N#CCCCCSc1ccc(C(F)(F)F)cn1. The fourth-order valence-corrected chi connectivity index (χ4v) is 1.97. The highest BCUT2D eigenvalue weighted by Crippen LogP contribution is 2.29. The van der Waals surface area contributed by atoms with Crippen molar-refractivity contribution in [3.8, 4) is 6.07 Å². The standard InChI is InChI=1S/C11H11F3N2S/c12-11(13,14)9-4-5-10(16-8-9)17-7-3-1-2-6-15/h4-5,8H,1-3,7H2. The van der Waals surface area contributed by atoms with Crippen LogP contribution in [0.25, 0.3) is 0 Å². The molecule has 0 aliphatic rings. The molecule has 0 spiro atoms. The van der Waals surface area contributed by atoms with Crippen molar-refractivity contribution in [2.75, 3.05) is 5.75 Å². The second-order valence-corrected chi connectivity index (χ2v) is 4.46. The number of thioether (sulfide) groups is 1. The summed E-state index contributed by atoms with van der Waals surface area (Å²) in [6.07, 6.45) is -1.30. The van der Waals surface area contributed by atoms with Crippen LogP contribution in [0.15, 0.2) is 23.4 Å². The lowest BCUT2D eigenvalue weighted by atomic mass is 10.3. The molecule has 1 rings (SSSR count). The average molecular weight is 260 g/mol. The van der Waals surface area contributed by atoms with Crippen LogP contribution in [-0.2, 0) is 6.18 Å². The molecule has 1 aromatic heterocycles. The number of alkyl halides is 3. The van der Waals surface area contributed by atoms with Gasteiger partial charge in [-0.15, -0.1) is 11.8 Å². The summed E-state index contributed by atoms with van der Waals surface area (Å²) in [6.45, 7) is 0. The first-order chi connectivity index (χ1) is 8.04. The number of nitrogens with zero attached hydrogens (tertiary/aromatic N) is 2. The quantitative estimate of drug-likeness (QED) is 0.595. The van der Waals surface area contributed by atoms with Crippen molar-refractivity contribution in [2.24, 2.45) is 0 Å². The Morgan fingerprint density at radius 1 is 1.29 bits per heavy atom. The zero-order valence-electron chi connectivity index (χ0n) is 9.00. The van der Waals surface area contributed by atoms with Crippen molar-refractivity contribution >= 4 is 11.8 Å². The second-order valence-electron chi connectivity index (χ2n) is 3.35. The van der Waals surface area contributed by atoms with Gasteiger partial charge in [-0.2, -0.15) is 18.4 Å². The normalized spacial score (nSPS) is 11.2. The van der Waals surface area contributed by atoms with E-state index in [9.17, 15) is 13.2 Å². The molecule has 0 saturated carbocycles. The Labute approximate surface area is 102 Å². The van der Waals surface area contributed by atoms with Gasteiger partial charge >= 0.3 is 6.18 Å². The second kappa shape index (κ2) is 6.50. The molecule has 2 nitrogen and oxygen atoms in total. The van der Waals surface area contributed by atoms with Gasteiger partial charge in [0, 0.05) is 12.6 Å². The summed E-state index contributed by atoms with van der Waals surface area (Å²) in [4.78, 5) is 3.74. The molecule has 0 saturated heterocycles. The Balaban J connectivity index is 2.39. The summed E-state index contributed by atoms with van der Waals surface area (Å²) in [7, 11) is 0. The van der Waals surface area contributed by atoms with Gasteiger partial charge in [0.05, 0.1) is 16.7 Å². The van der Waals surface area contributed by atoms with Crippen LogP contribution in [0.4, 0.5) is 13.2 Å². The predicted molar refractivity (Wildman–Crippen MR) is 59.4 cm³/mol. The zero-order valence-corrected chi connectivity index (χ0v) is 9.81. The van der Waals surface area contributed by atoms with Gasteiger partial charge in [0.15, 0.2) is 0 Å². The molecule has 1 heterocycles. The molecule has 0 N–H and O–H groups in total. The first-order valence-electron chi connectivity index (χ1n) is 5.07. The Hall–Kier alpha value is -1.22. The van der Waals surface area contributed by atoms with Crippen LogP contribution in [0.1, 0.15) is 24.8 Å². The smallest absolute Gasteiger partial charge is 0.249 e. The van der Waals surface area contributed by atoms with Gasteiger partial charge in [-0.25, -0.2) is 4.98 Å². The van der Waals surface area contributed by atoms with Crippen molar-refractivity contribution < 1.29 is 13.2 Å². The van der Waals surface area contributed by atoms with E-state index in [1.165, 1.54) is 17.8 Å². The van der Waals surface area contributed by atoms with Gasteiger partial charge in [-0.05, 0) is 30.7 Å². The molecule has 0 aliphatic heterocycles. The summed E-state index contributed by atoms with van der Waals surface area (Å²) in [5, 5.41) is 8.89. The minimum Gasteiger partial charge on any atom is -0.249 e. The Morgan fingerprint density at radius 2 is 2.06 bits per heavy atom. The predicted octanol–water partition coefficient (Wildman–Crippen LogP) is 3.89. The van der Waals surface area contributed by atoms with Gasteiger partial charge in [-0.3, -0.25) is 0 Å². The van der Waals surface area contributed by atoms with Gasteiger partial charge in [-0.1, -0.05) is 0 Å². The number of aromatic nitrogens is 1. The van der Waals surface area contributed by atoms with E-state index in [1.807, 2.05) is 6.07 Å². The number of rotatable bonds is 5. The third-order valence-corrected chi connectivity index (χ3v) is 3.03. The number of hydrogen-bond acceptors (Lipinski definition) is 3. The molecule has 0 unspecified atom stereocenters. The summed E-state index contributed by atoms with van der Waals surface area (Å²) in [5.41, 5.74) is -0.730. The molecule has 0 radical (unpaired) electrons. The van der Waals surface area contributed by atoms with Gasteiger partial charge in [0.2, 0.25) is 0 Å². The Bertz CT molecular complexity index is 381. The minimum absolute atomic E-state index is 0.515. The highest BCUT2D eigenvalue weighted by Gasteiger charge is 2.30. The third kappa shape index (κ3) is 5.09. The molecule has 0 aromatic carbocycles. The van der Waals surface area contributed by atoms with Crippen LogP contribution in [0.5, 0.6) is 0 Å². The van der Waals surface area contributed by atoms with E-state index in [1.54, 1.807) is 0 Å². The Morgan fingerprint density at radius 3 is 2.59 bits per heavy atom. The van der Waals surface area contributed by atoms with Crippen molar-refractivity contribution in [3.63, 3.8) is 0 Å². The van der Waals surface area contributed by atoms with Crippen LogP contribution < -0.4 is 0 Å². The number of halogens is 3. The Kier molecular flexibility index (Phi) is 5.29. The van der Waals surface area contributed by atoms with Crippen LogP contribution in [-0.4, -0.2) is 10.7 Å². The van der Waals surface area contributed by atoms with E-state index in [0.29, 0.717) is 11.4 Å². The van der Waals surface area contributed by atoms with E-state index >= 15 is 0 Å². The van der Waals surface area contributed by atoms with E-state index < -0.39 is 11.7 Å². The lowest BCUT2D eigenvalue weighted by molar-refractivity contribution is -0.137. The molecule has 0 fully saturated rings. The minimum atomic E-state index is -4.33. The molecule has 0 bridgehead atoms. The summed E-state index contributed by atoms with van der Waals surface area (Å²) in [5.74, 6) is 0.764. The molecule has 0 amide bonds. The topological polar surface area (TPSA) is 36.7 Å². The van der Waals surface area contributed by atoms with Crippen molar-refractivity contribution in [1.29, 1.82) is 5.26 Å². The third-order valence-electron chi connectivity index (χ3n) is 2.00. The molecule has 6 heteroatoms. The number of unbranched alkanes of at least 4 members (excludes halogenated alkanes) is 2. The summed E-state index contributed by atoms with van der Waals surface area (Å²) < 4.78 is 36.7. The average Bonchev–Trinajstić information content (AvgIpc) is 2.28. The number of pyridine rings is 1. The van der Waals surface area contributed by atoms with Gasteiger partial charge in [0.25, 0.3) is 0 Å². The maximum Gasteiger partial charge on any atom is 0.417 e. The van der Waals surface area contributed by atoms with E-state index in [-0.39, 0.29) is 0 Å². The van der Waals surface area contributed by atoms with Crippen molar-refractivity contribution in [3.05, 3.63) is 23.9 Å². The lowest BCUT2D eigenvalue weighted by Gasteiger charge is -2.06. The molecule has 0 aliphatic carbocycles. The molecular weight excluding hydrogens is 249 g/mol. The maximum atomic E-state index is 12.2. The van der Waals surface area contributed by atoms with E-state index in [0.717, 1.165) is 30.9 Å². The van der Waals surface area contributed by atoms with Crippen molar-refractivity contribution in [1.82, 2.24) is 4.98 Å². The zero-order chi connectivity index (χ0) is 12.7.